The minimum Gasteiger partial charge on any atom is -0.473 e. The van der Waals surface area contributed by atoms with Crippen LogP contribution >= 0.6 is 23.4 Å². The molecule has 2 heterocycles. The average molecular weight is 444 g/mol. The van der Waals surface area contributed by atoms with Crippen molar-refractivity contribution in [2.45, 2.75) is 15.4 Å². The van der Waals surface area contributed by atoms with Gasteiger partial charge in [0.05, 0.1) is 9.95 Å². The van der Waals surface area contributed by atoms with Crippen LogP contribution in [0, 0.1) is 10.1 Å². The van der Waals surface area contributed by atoms with E-state index in [4.69, 9.17) is 16.3 Å². The van der Waals surface area contributed by atoms with Gasteiger partial charge >= 0.3 is 0 Å². The molecule has 0 aliphatic carbocycles. The van der Waals surface area contributed by atoms with Crippen molar-refractivity contribution < 1.29 is 9.66 Å². The molecule has 4 nitrogen and oxygen atoms in total. The van der Waals surface area contributed by atoms with Gasteiger partial charge in [0.1, 0.15) is 5.75 Å². The minimum atomic E-state index is -0.788. The monoisotopic (exact) mass is 443 g/mol. The van der Waals surface area contributed by atoms with Crippen molar-refractivity contribution in [1.29, 1.82) is 0 Å². The Hall–Kier alpha value is -3.28. The number of hydrogen-bond acceptors (Lipinski definition) is 4. The number of nitro benzene ring substituents is 1. The average Bonchev–Trinajstić information content (AvgIpc) is 2.79. The SMILES string of the molecule is O=[N+]([O-])c1ccc2c3c(ccc2c1)OC1(C=C3)c2ccccc2Sc2c(Cl)cccc21. The van der Waals surface area contributed by atoms with E-state index in [0.717, 1.165) is 43.0 Å². The molecular formula is C25H14ClNO3S. The molecule has 0 aromatic heterocycles. The summed E-state index contributed by atoms with van der Waals surface area (Å²) in [7, 11) is 0. The second-order valence-corrected chi connectivity index (χ2v) is 8.99. The van der Waals surface area contributed by atoms with Crippen molar-refractivity contribution in [3.63, 3.8) is 0 Å². The smallest absolute Gasteiger partial charge is 0.270 e. The molecule has 150 valence electrons. The Morgan fingerprint density at radius 2 is 1.81 bits per heavy atom. The second kappa shape index (κ2) is 6.61. The fraction of sp³-hybridized carbons (Fsp3) is 0.0400. The third-order valence-electron chi connectivity index (χ3n) is 5.84. The first-order valence-electron chi connectivity index (χ1n) is 9.73. The Kier molecular flexibility index (Phi) is 3.94. The molecule has 1 unspecified atom stereocenters. The Balaban J connectivity index is 1.59. The molecule has 31 heavy (non-hydrogen) atoms. The third kappa shape index (κ3) is 2.63. The summed E-state index contributed by atoms with van der Waals surface area (Å²) in [4.78, 5) is 12.9. The van der Waals surface area contributed by atoms with Crippen LogP contribution < -0.4 is 4.74 Å². The molecule has 0 radical (unpaired) electrons. The molecule has 0 N–H and O–H groups in total. The van der Waals surface area contributed by atoms with Crippen molar-refractivity contribution in [1.82, 2.24) is 0 Å². The van der Waals surface area contributed by atoms with Crippen molar-refractivity contribution in [3.8, 4) is 5.75 Å². The molecule has 0 saturated carbocycles. The Morgan fingerprint density at radius 1 is 0.968 bits per heavy atom. The molecule has 0 fully saturated rings. The van der Waals surface area contributed by atoms with Crippen LogP contribution in [0.15, 0.2) is 88.7 Å². The van der Waals surface area contributed by atoms with Crippen LogP contribution in [-0.2, 0) is 5.60 Å². The fourth-order valence-electron chi connectivity index (χ4n) is 4.42. The van der Waals surface area contributed by atoms with E-state index in [2.05, 4.69) is 30.4 Å². The van der Waals surface area contributed by atoms with E-state index in [1.54, 1.807) is 23.9 Å². The number of rotatable bonds is 1. The first-order valence-corrected chi connectivity index (χ1v) is 10.9. The number of non-ortho nitro benzene ring substituents is 1. The maximum Gasteiger partial charge on any atom is 0.270 e. The maximum absolute atomic E-state index is 11.2. The van der Waals surface area contributed by atoms with Crippen molar-refractivity contribution in [2.24, 2.45) is 0 Å². The van der Waals surface area contributed by atoms with Crippen LogP contribution in [0.5, 0.6) is 5.75 Å². The van der Waals surface area contributed by atoms with Gasteiger partial charge in [-0.25, -0.2) is 0 Å². The molecule has 6 heteroatoms. The highest BCUT2D eigenvalue weighted by atomic mass is 35.5. The number of fused-ring (bicyclic) bond motifs is 7. The Morgan fingerprint density at radius 3 is 2.68 bits per heavy atom. The molecule has 4 aromatic rings. The van der Waals surface area contributed by atoms with Crippen LogP contribution in [0.2, 0.25) is 5.02 Å². The van der Waals surface area contributed by atoms with E-state index < -0.39 is 5.60 Å². The molecule has 4 aromatic carbocycles. The lowest BCUT2D eigenvalue weighted by Gasteiger charge is -2.41. The third-order valence-corrected chi connectivity index (χ3v) is 7.48. The van der Waals surface area contributed by atoms with E-state index in [-0.39, 0.29) is 10.6 Å². The lowest BCUT2D eigenvalue weighted by molar-refractivity contribution is -0.384. The van der Waals surface area contributed by atoms with Gasteiger partial charge in [0.15, 0.2) is 5.60 Å². The first kappa shape index (κ1) is 18.5. The van der Waals surface area contributed by atoms with Crippen LogP contribution in [0.3, 0.4) is 0 Å². The zero-order chi connectivity index (χ0) is 21.2. The first-order chi connectivity index (χ1) is 15.1. The molecule has 6 rings (SSSR count). The van der Waals surface area contributed by atoms with E-state index in [9.17, 15) is 10.1 Å². The quantitative estimate of drug-likeness (QED) is 0.230. The van der Waals surface area contributed by atoms with Gasteiger partial charge in [-0.2, -0.15) is 0 Å². The molecule has 2 aliphatic rings. The van der Waals surface area contributed by atoms with Crippen molar-refractivity contribution >= 4 is 45.9 Å². The molecule has 1 atom stereocenters. The fourth-order valence-corrected chi connectivity index (χ4v) is 5.90. The number of halogens is 1. The van der Waals surface area contributed by atoms with Crippen molar-refractivity contribution in [2.75, 3.05) is 0 Å². The Bertz CT molecular complexity index is 1450. The standard InChI is InChI=1S/C25H14ClNO3S/c26-21-6-3-5-20-24(21)31-23-7-2-1-4-19(23)25(20)13-12-18-17-10-9-16(27(28)29)14-15(17)8-11-22(18)30-25/h1-14H. The summed E-state index contributed by atoms with van der Waals surface area (Å²) >= 11 is 8.23. The maximum atomic E-state index is 11.2. The van der Waals surface area contributed by atoms with Crippen molar-refractivity contribution in [3.05, 3.63) is 111 Å². The highest BCUT2D eigenvalue weighted by Gasteiger charge is 2.44. The van der Waals surface area contributed by atoms with Gasteiger partial charge < -0.3 is 4.74 Å². The molecule has 0 amide bonds. The summed E-state index contributed by atoms with van der Waals surface area (Å²) in [6, 6.07) is 22.8. The zero-order valence-electron chi connectivity index (χ0n) is 16.0. The predicted octanol–water partition coefficient (Wildman–Crippen LogP) is 7.22. The molecule has 1 spiro atoms. The second-order valence-electron chi connectivity index (χ2n) is 7.53. The summed E-state index contributed by atoms with van der Waals surface area (Å²) in [6.07, 6.45) is 4.13. The van der Waals surface area contributed by atoms with E-state index in [0.29, 0.717) is 5.02 Å². The summed E-state index contributed by atoms with van der Waals surface area (Å²) in [5.74, 6) is 0.733. The molecule has 0 saturated heterocycles. The topological polar surface area (TPSA) is 52.4 Å². The highest BCUT2D eigenvalue weighted by Crippen LogP contribution is 2.54. The lowest BCUT2D eigenvalue weighted by Crippen LogP contribution is -2.37. The van der Waals surface area contributed by atoms with Gasteiger partial charge in [-0.15, -0.1) is 0 Å². The van der Waals surface area contributed by atoms with E-state index in [1.807, 2.05) is 36.4 Å². The van der Waals surface area contributed by atoms with Gasteiger partial charge in [0.2, 0.25) is 0 Å². The molecular weight excluding hydrogens is 430 g/mol. The number of nitrogens with zero attached hydrogens (tertiary/aromatic N) is 1. The van der Waals surface area contributed by atoms with Gasteiger partial charge in [0.25, 0.3) is 5.69 Å². The zero-order valence-corrected chi connectivity index (χ0v) is 17.6. The number of nitro groups is 1. The van der Waals surface area contributed by atoms with Crippen LogP contribution in [-0.4, -0.2) is 4.92 Å². The number of hydrogen-bond donors (Lipinski definition) is 0. The van der Waals surface area contributed by atoms with Gasteiger partial charge in [-0.3, -0.25) is 10.1 Å². The van der Waals surface area contributed by atoms with E-state index >= 15 is 0 Å². The largest absolute Gasteiger partial charge is 0.473 e. The van der Waals surface area contributed by atoms with Crippen LogP contribution in [0.1, 0.15) is 16.7 Å². The van der Waals surface area contributed by atoms with Gasteiger partial charge in [-0.1, -0.05) is 59.8 Å². The normalized spacial score (nSPS) is 18.2. The van der Waals surface area contributed by atoms with Gasteiger partial charge in [0, 0.05) is 38.6 Å². The van der Waals surface area contributed by atoms with Crippen LogP contribution in [0.4, 0.5) is 5.69 Å². The lowest BCUT2D eigenvalue weighted by atomic mass is 9.82. The van der Waals surface area contributed by atoms with Gasteiger partial charge in [-0.05, 0) is 47.2 Å². The Labute approximate surface area is 187 Å². The predicted molar refractivity (Wildman–Crippen MR) is 123 cm³/mol. The summed E-state index contributed by atoms with van der Waals surface area (Å²) in [5.41, 5.74) is 2.28. The highest BCUT2D eigenvalue weighted by molar-refractivity contribution is 7.99. The summed E-state index contributed by atoms with van der Waals surface area (Å²) in [6.45, 7) is 0. The molecule has 0 bridgehead atoms. The van der Waals surface area contributed by atoms with Crippen LogP contribution in [0.25, 0.3) is 16.8 Å². The summed E-state index contributed by atoms with van der Waals surface area (Å²) in [5, 5.41) is 13.6. The minimum absolute atomic E-state index is 0.0754. The number of ether oxygens (including phenoxy) is 1. The number of benzene rings is 4. The molecule has 2 aliphatic heterocycles. The van der Waals surface area contributed by atoms with E-state index in [1.165, 1.54) is 6.07 Å². The summed E-state index contributed by atoms with van der Waals surface area (Å²) < 4.78 is 6.76.